The molecule has 350 valence electrons. The Bertz CT molecular complexity index is 2610. The minimum atomic E-state index is -1.02. The number of halogens is 1. The minimum Gasteiger partial charge on any atom is -0.391 e. The monoisotopic (exact) mass is 955 g/mol. The summed E-state index contributed by atoms with van der Waals surface area (Å²) in [5, 5.41) is 26.9. The molecule has 2 aromatic carbocycles. The third-order valence-corrected chi connectivity index (χ3v) is 14.4. The summed E-state index contributed by atoms with van der Waals surface area (Å²) in [6, 6.07) is 12.7. The highest BCUT2D eigenvalue weighted by Crippen LogP contribution is 2.40. The molecule has 5 heterocycles. The van der Waals surface area contributed by atoms with Crippen LogP contribution in [0.15, 0.2) is 59.0 Å². The summed E-state index contributed by atoms with van der Waals surface area (Å²) in [5.74, 6) is -0.304. The zero-order chi connectivity index (χ0) is 47.6. The van der Waals surface area contributed by atoms with Crippen molar-refractivity contribution in [1.82, 2.24) is 40.2 Å². The van der Waals surface area contributed by atoms with Crippen LogP contribution in [-0.4, -0.2) is 115 Å². The quantitative estimate of drug-likeness (QED) is 0.0964. The van der Waals surface area contributed by atoms with Gasteiger partial charge in [-0.25, -0.2) is 4.98 Å². The normalized spacial score (nSPS) is 17.5. The molecule has 0 bridgehead atoms. The van der Waals surface area contributed by atoms with E-state index in [2.05, 4.69) is 39.7 Å². The Balaban J connectivity index is 0.949. The Morgan fingerprint density at radius 2 is 1.68 bits per heavy atom. The Morgan fingerprint density at radius 3 is 2.33 bits per heavy atom. The second-order valence-electron chi connectivity index (χ2n) is 18.3. The second kappa shape index (κ2) is 20.3. The first-order valence-electron chi connectivity index (χ1n) is 22.1. The number of aliphatic imine (C=N–C) groups is 1. The van der Waals surface area contributed by atoms with Crippen molar-refractivity contribution in [2.75, 3.05) is 26.3 Å². The van der Waals surface area contributed by atoms with Crippen LogP contribution in [0, 0.1) is 33.1 Å². The van der Waals surface area contributed by atoms with Crippen LogP contribution in [-0.2, 0) is 30.5 Å². The van der Waals surface area contributed by atoms with Gasteiger partial charge in [0.1, 0.15) is 35.6 Å². The number of likely N-dealkylation sites (tertiary alicyclic amines) is 1. The van der Waals surface area contributed by atoms with Gasteiger partial charge < -0.3 is 30.3 Å². The number of fused-ring (bicyclic) bond motifs is 3. The van der Waals surface area contributed by atoms with Gasteiger partial charge in [0.15, 0.2) is 5.82 Å². The summed E-state index contributed by atoms with van der Waals surface area (Å²) >= 11 is 9.45. The van der Waals surface area contributed by atoms with Gasteiger partial charge in [-0.3, -0.25) is 28.7 Å². The molecule has 7 rings (SSSR count). The van der Waals surface area contributed by atoms with Gasteiger partial charge in [-0.05, 0) is 75.8 Å². The molecule has 3 aromatic heterocycles. The lowest BCUT2D eigenvalue weighted by atomic mass is 9.85. The van der Waals surface area contributed by atoms with Crippen molar-refractivity contribution < 1.29 is 29.0 Å². The second-order valence-corrected chi connectivity index (χ2v) is 20.8. The molecule has 0 aliphatic carbocycles. The largest absolute Gasteiger partial charge is 0.391 e. The number of benzene rings is 2. The number of β-amino-alcohol motifs (C(OH)–C–C–N with tert-alkyl or cyclic N) is 1. The first-order chi connectivity index (χ1) is 31.3. The molecule has 3 N–H and O–H groups in total. The van der Waals surface area contributed by atoms with E-state index < -0.39 is 41.5 Å². The molecule has 66 heavy (non-hydrogen) atoms. The number of amides is 4. The number of nitrogens with one attached hydrogen (secondary N) is 2. The van der Waals surface area contributed by atoms with Crippen molar-refractivity contribution in [2.24, 2.45) is 10.4 Å². The fraction of sp³-hybridized carbons (Fsp3) is 0.458. The highest BCUT2D eigenvalue weighted by molar-refractivity contribution is 7.15. The molecule has 2 aliphatic rings. The number of hydrogen-bond acceptors (Lipinski definition) is 12. The molecule has 1 saturated heterocycles. The van der Waals surface area contributed by atoms with Crippen LogP contribution < -0.4 is 10.6 Å². The maximum absolute atomic E-state index is 14.3. The standard InChI is InChI=1S/C48H58ClN9O6S2/c1-26(2)56(22-31-10-12-33(13-11-31)42-28(4)51-25-65-42)45(62)37-20-35(59)23-57(37)46(63)43(48(7,8)9)53-39(61)24-64-19-18-50-38(60)21-36-44-55-54-30(6)58(44)47-40(27(3)29(5)66-47)41(52-36)32-14-16-34(49)17-15-32/h10-17,25-26,35-37,43,59H,18-24H2,1-9H3,(H,50,60)(H,53,61)/t35-,36+,37+,43-/m1/s1. The third-order valence-electron chi connectivity index (χ3n) is 12.0. The molecule has 1 fully saturated rings. The molecule has 0 saturated carbocycles. The van der Waals surface area contributed by atoms with E-state index in [0.29, 0.717) is 23.2 Å². The van der Waals surface area contributed by atoms with E-state index in [-0.39, 0.29) is 57.0 Å². The summed E-state index contributed by atoms with van der Waals surface area (Å²) in [6.45, 7) is 17.4. The zero-order valence-electron chi connectivity index (χ0n) is 38.8. The number of aliphatic hydroxyl groups is 1. The van der Waals surface area contributed by atoms with Crippen LogP contribution in [0.5, 0.6) is 0 Å². The lowest BCUT2D eigenvalue weighted by molar-refractivity contribution is -0.149. The molecule has 0 radical (unpaired) electrons. The van der Waals surface area contributed by atoms with Gasteiger partial charge in [0.2, 0.25) is 23.6 Å². The predicted molar refractivity (Wildman–Crippen MR) is 257 cm³/mol. The number of hydrogen-bond donors (Lipinski definition) is 3. The van der Waals surface area contributed by atoms with E-state index in [9.17, 15) is 24.3 Å². The number of aliphatic hydroxyl groups excluding tert-OH is 1. The summed E-state index contributed by atoms with van der Waals surface area (Å²) in [4.78, 5) is 70.3. The zero-order valence-corrected chi connectivity index (χ0v) is 41.2. The number of rotatable bonds is 15. The first kappa shape index (κ1) is 48.6. The van der Waals surface area contributed by atoms with E-state index in [0.717, 1.165) is 54.0 Å². The van der Waals surface area contributed by atoms with Gasteiger partial charge in [0, 0.05) is 53.1 Å². The topological polar surface area (TPSA) is 184 Å². The predicted octanol–water partition coefficient (Wildman–Crippen LogP) is 6.68. The van der Waals surface area contributed by atoms with Crippen LogP contribution in [0.1, 0.15) is 98.0 Å². The SMILES string of the molecule is Cc1ncsc1-c1ccc(CN(C(=O)[C@@H]2C[C@@H](O)CN2C(=O)[C@@H](NC(=O)COCCNC(=O)C[C@@H]2N=C(c3ccc(Cl)cc3)c3c(sc(C)c3C)-n3c(C)nnc32)C(C)(C)C)C(C)C)cc1. The van der Waals surface area contributed by atoms with Crippen molar-refractivity contribution in [2.45, 2.75) is 112 Å². The van der Waals surface area contributed by atoms with Gasteiger partial charge in [-0.15, -0.1) is 32.9 Å². The molecule has 18 heteroatoms. The Morgan fingerprint density at radius 1 is 0.985 bits per heavy atom. The van der Waals surface area contributed by atoms with E-state index in [1.807, 2.05) is 107 Å². The first-order valence-corrected chi connectivity index (χ1v) is 24.2. The van der Waals surface area contributed by atoms with Gasteiger partial charge in [-0.1, -0.05) is 68.8 Å². The fourth-order valence-corrected chi connectivity index (χ4v) is 10.5. The van der Waals surface area contributed by atoms with Gasteiger partial charge >= 0.3 is 0 Å². The molecule has 2 aliphatic heterocycles. The number of aromatic nitrogens is 4. The minimum absolute atomic E-state index is 0.0113. The maximum Gasteiger partial charge on any atom is 0.246 e. The Labute approximate surface area is 398 Å². The molecule has 0 spiro atoms. The summed E-state index contributed by atoms with van der Waals surface area (Å²) in [6.07, 6.45) is -0.830. The number of thiophene rings is 1. The smallest absolute Gasteiger partial charge is 0.246 e. The van der Waals surface area contributed by atoms with E-state index in [4.69, 9.17) is 21.3 Å². The van der Waals surface area contributed by atoms with Crippen LogP contribution in [0.25, 0.3) is 15.4 Å². The summed E-state index contributed by atoms with van der Waals surface area (Å²) < 4.78 is 7.67. The number of nitrogens with zero attached hydrogens (tertiary/aromatic N) is 7. The fourth-order valence-electron chi connectivity index (χ4n) is 8.36. The van der Waals surface area contributed by atoms with Crippen LogP contribution in [0.3, 0.4) is 0 Å². The van der Waals surface area contributed by atoms with Crippen molar-refractivity contribution in [3.8, 4) is 15.4 Å². The summed E-state index contributed by atoms with van der Waals surface area (Å²) in [7, 11) is 0. The third kappa shape index (κ3) is 10.6. The maximum atomic E-state index is 14.3. The molecule has 5 aromatic rings. The van der Waals surface area contributed by atoms with Crippen molar-refractivity contribution >= 4 is 63.6 Å². The molecular weight excluding hydrogens is 898 g/mol. The molecule has 0 unspecified atom stereocenters. The lowest BCUT2D eigenvalue weighted by Crippen LogP contribution is -2.58. The molecule has 4 amide bonds. The lowest BCUT2D eigenvalue weighted by Gasteiger charge is -2.37. The number of aryl methyl sites for hydroxylation is 3. The highest BCUT2D eigenvalue weighted by Gasteiger charge is 2.46. The number of carbonyl (C=O) groups excluding carboxylic acids is 4. The van der Waals surface area contributed by atoms with Crippen molar-refractivity contribution in [3.63, 3.8) is 0 Å². The van der Waals surface area contributed by atoms with E-state index in [1.165, 1.54) is 4.90 Å². The average Bonchev–Trinajstić information content (AvgIpc) is 4.03. The Kier molecular flexibility index (Phi) is 14.9. The van der Waals surface area contributed by atoms with Crippen LogP contribution in [0.4, 0.5) is 0 Å². The molecule has 4 atom stereocenters. The van der Waals surface area contributed by atoms with Crippen LogP contribution >= 0.6 is 34.3 Å². The van der Waals surface area contributed by atoms with Crippen LogP contribution in [0.2, 0.25) is 5.02 Å². The van der Waals surface area contributed by atoms with Crippen molar-refractivity contribution in [3.05, 3.63) is 104 Å². The summed E-state index contributed by atoms with van der Waals surface area (Å²) in [5.41, 5.74) is 7.68. The Hall–Kier alpha value is -5.33. The number of thiazole rings is 1. The van der Waals surface area contributed by atoms with Gasteiger partial charge in [0.25, 0.3) is 0 Å². The highest BCUT2D eigenvalue weighted by atomic mass is 35.5. The average molecular weight is 957 g/mol. The number of carbonyl (C=O) groups is 4. The van der Waals surface area contributed by atoms with Gasteiger partial charge in [0.05, 0.1) is 40.9 Å². The van der Waals surface area contributed by atoms with Gasteiger partial charge in [-0.2, -0.15) is 0 Å². The van der Waals surface area contributed by atoms with Crippen molar-refractivity contribution in [1.29, 1.82) is 0 Å². The van der Waals surface area contributed by atoms with E-state index >= 15 is 0 Å². The van der Waals surface area contributed by atoms with E-state index in [1.54, 1.807) is 27.6 Å². The molecule has 15 nitrogen and oxygen atoms in total. The number of ether oxygens (including phenoxy) is 1. The molecular formula is C48H58ClN9O6S2.